The summed E-state index contributed by atoms with van der Waals surface area (Å²) in [5, 5.41) is 13.9. The van der Waals surface area contributed by atoms with Crippen molar-refractivity contribution in [3.63, 3.8) is 0 Å². The third-order valence-corrected chi connectivity index (χ3v) is 16.8. The number of nitrogens with one attached hydrogen (secondary N) is 4. The summed E-state index contributed by atoms with van der Waals surface area (Å²) in [7, 11) is -1.14. The van der Waals surface area contributed by atoms with Gasteiger partial charge in [-0.25, -0.2) is 41.6 Å². The van der Waals surface area contributed by atoms with Crippen LogP contribution in [0.4, 0.5) is 21.0 Å². The van der Waals surface area contributed by atoms with E-state index in [0.717, 1.165) is 72.7 Å². The van der Waals surface area contributed by atoms with Gasteiger partial charge in [0, 0.05) is 60.4 Å². The molecule has 1 aliphatic rings. The van der Waals surface area contributed by atoms with Gasteiger partial charge in [0.2, 0.25) is 30.8 Å². The lowest BCUT2D eigenvalue weighted by Gasteiger charge is -2.23. The molecule has 4 aromatic rings. The molecule has 5 rings (SSSR count). The van der Waals surface area contributed by atoms with Gasteiger partial charge in [0.25, 0.3) is 0 Å². The molecule has 4 amide bonds. The first-order valence-electron chi connectivity index (χ1n) is 24.2. The summed E-state index contributed by atoms with van der Waals surface area (Å²) in [5.41, 5.74) is 6.45. The van der Waals surface area contributed by atoms with Crippen molar-refractivity contribution in [2.24, 2.45) is 10.2 Å². The highest BCUT2D eigenvalue weighted by molar-refractivity contribution is 7.89. The summed E-state index contributed by atoms with van der Waals surface area (Å²) in [6.07, 6.45) is 13.2. The van der Waals surface area contributed by atoms with E-state index in [1.807, 2.05) is 54.6 Å². The maximum absolute atomic E-state index is 13.8. The lowest BCUT2D eigenvalue weighted by atomic mass is 10.1. The van der Waals surface area contributed by atoms with Crippen molar-refractivity contribution in [1.29, 1.82) is 0 Å². The van der Waals surface area contributed by atoms with Crippen LogP contribution in [0, 0.1) is 0 Å². The second-order valence-electron chi connectivity index (χ2n) is 17.0. The van der Waals surface area contributed by atoms with Crippen molar-refractivity contribution in [2.45, 2.75) is 121 Å². The average Bonchev–Trinajstić information content (AvgIpc) is 3.90. The van der Waals surface area contributed by atoms with E-state index in [1.165, 1.54) is 95.3 Å². The normalized spacial score (nSPS) is 13.8. The Hall–Kier alpha value is -4.93. The zero-order valence-corrected chi connectivity index (χ0v) is 45.3. The molecule has 0 atom stereocenters. The van der Waals surface area contributed by atoms with Crippen molar-refractivity contribution in [1.82, 2.24) is 33.8 Å². The Morgan fingerprint density at radius 3 is 1.87 bits per heavy atom. The minimum absolute atomic E-state index is 0.0208. The number of aromatic nitrogens is 1. The average molecular weight is 1050 g/mol. The Morgan fingerprint density at radius 1 is 0.714 bits per heavy atom. The molecule has 0 aliphatic carbocycles. The highest BCUT2D eigenvalue weighted by Crippen LogP contribution is 2.30. The number of aryl methyl sites for hydroxylation is 1. The van der Waals surface area contributed by atoms with Crippen LogP contribution in [0.3, 0.4) is 0 Å². The fraction of sp³-hybridized carbons (Fsp3) is 0.542. The van der Waals surface area contributed by atoms with Crippen molar-refractivity contribution < 1.29 is 31.2 Å². The maximum Gasteiger partial charge on any atom is 0.339 e. The van der Waals surface area contributed by atoms with Crippen LogP contribution in [0.5, 0.6) is 5.75 Å². The number of guanidine groups is 1. The maximum atomic E-state index is 13.8. The van der Waals surface area contributed by atoms with E-state index in [9.17, 15) is 26.4 Å². The van der Waals surface area contributed by atoms with E-state index < -0.39 is 32.1 Å². The topological polar surface area (TPSA) is 202 Å². The van der Waals surface area contributed by atoms with Gasteiger partial charge in [-0.3, -0.25) is 0 Å². The molecule has 0 radical (unpaired) electrons. The molecule has 1 aliphatic heterocycles. The molecule has 0 unspecified atom stereocenters. The number of sulfonamides is 2. The lowest BCUT2D eigenvalue weighted by molar-refractivity contribution is 0.251. The Labute approximate surface area is 424 Å². The first-order valence-corrected chi connectivity index (χ1v) is 28.3. The van der Waals surface area contributed by atoms with E-state index in [4.69, 9.17) is 16.3 Å². The second-order valence-corrected chi connectivity index (χ2v) is 22.5. The van der Waals surface area contributed by atoms with E-state index in [-0.39, 0.29) is 26.2 Å². The molecule has 22 heteroatoms. The summed E-state index contributed by atoms with van der Waals surface area (Å²) in [6, 6.07) is 15.4. The number of unbranched alkanes of at least 4 members (excludes halogenated alkanes) is 10. The molecule has 0 bridgehead atoms. The molecule has 3 aromatic carbocycles. The number of urea groups is 2. The SMILES string of the molecule is CCCCCCCCN(CCCCCCCC)S(=O)(=O)c1ccc(OC)c(NC(=O)N/N=C2/N(C)CCN2CC)c1.CCn1/c(=N\NC(=O)Nc2cc(S(=O)(=O)N(C)C)ccc2Cl)sc2ccccc21. The Bertz CT molecular complexity index is 2620. The minimum Gasteiger partial charge on any atom is -0.495 e. The van der Waals surface area contributed by atoms with Gasteiger partial charge in [0.1, 0.15) is 5.75 Å². The quantitative estimate of drug-likeness (QED) is 0.0369. The molecule has 0 saturated carbocycles. The Kier molecular flexibility index (Phi) is 23.7. The Morgan fingerprint density at radius 2 is 1.27 bits per heavy atom. The summed E-state index contributed by atoms with van der Waals surface area (Å²) in [6.45, 7) is 12.6. The van der Waals surface area contributed by atoms with Crippen LogP contribution in [-0.4, -0.2) is 119 Å². The summed E-state index contributed by atoms with van der Waals surface area (Å²) < 4.78 is 63.4. The van der Waals surface area contributed by atoms with Crippen LogP contribution in [0.1, 0.15) is 105 Å². The molecular formula is C48H74ClN11O7S3. The van der Waals surface area contributed by atoms with E-state index in [1.54, 1.807) is 16.4 Å². The number of hydrogen-bond donors (Lipinski definition) is 4. The van der Waals surface area contributed by atoms with Crippen LogP contribution >= 0.6 is 22.9 Å². The van der Waals surface area contributed by atoms with E-state index in [0.29, 0.717) is 36.1 Å². The van der Waals surface area contributed by atoms with Crippen molar-refractivity contribution in [3.05, 3.63) is 70.5 Å². The fourth-order valence-corrected chi connectivity index (χ4v) is 11.3. The molecule has 18 nitrogen and oxygen atoms in total. The third kappa shape index (κ3) is 16.6. The van der Waals surface area contributed by atoms with Crippen LogP contribution in [-0.2, 0) is 26.6 Å². The van der Waals surface area contributed by atoms with Gasteiger partial charge in [-0.1, -0.05) is 113 Å². The number of carbonyl (C=O) groups is 2. The molecular weight excluding hydrogens is 974 g/mol. The van der Waals surface area contributed by atoms with Crippen LogP contribution in [0.2, 0.25) is 5.02 Å². The molecule has 2 heterocycles. The smallest absolute Gasteiger partial charge is 0.339 e. The number of likely N-dealkylation sites (N-methyl/N-ethyl adjacent to an activating group) is 2. The first kappa shape index (κ1) is 57.6. The Balaban J connectivity index is 0.000000322. The zero-order valence-electron chi connectivity index (χ0n) is 42.1. The van der Waals surface area contributed by atoms with Crippen molar-refractivity contribution in [2.75, 3.05) is 71.6 Å². The highest BCUT2D eigenvalue weighted by atomic mass is 35.5. The number of rotatable bonds is 25. The first-order chi connectivity index (χ1) is 33.5. The number of fused-ring (bicyclic) bond motifs is 1. The van der Waals surface area contributed by atoms with Gasteiger partial charge in [-0.05, 0) is 75.2 Å². The molecule has 0 spiro atoms. The summed E-state index contributed by atoms with van der Waals surface area (Å²) in [4.78, 5) is 29.9. The lowest BCUT2D eigenvalue weighted by Crippen LogP contribution is -2.35. The van der Waals surface area contributed by atoms with Crippen molar-refractivity contribution in [3.8, 4) is 5.75 Å². The van der Waals surface area contributed by atoms with E-state index >= 15 is 0 Å². The van der Waals surface area contributed by atoms with Gasteiger partial charge >= 0.3 is 12.1 Å². The number of methoxy groups -OCH3 is 1. The number of hydrazone groups is 1. The van der Waals surface area contributed by atoms with Crippen molar-refractivity contribution >= 4 is 82.6 Å². The predicted molar refractivity (Wildman–Crippen MR) is 284 cm³/mol. The number of amides is 4. The highest BCUT2D eigenvalue weighted by Gasteiger charge is 2.26. The number of hydrogen-bond acceptors (Lipinski definition) is 10. The van der Waals surface area contributed by atoms with Gasteiger partial charge in [-0.15, -0.1) is 10.2 Å². The number of thiazole rings is 1. The van der Waals surface area contributed by atoms with Gasteiger partial charge in [0.15, 0.2) is 0 Å². The minimum atomic E-state index is -3.76. The number of carbonyl (C=O) groups excluding carboxylic acids is 2. The number of nitrogens with zero attached hydrogens (tertiary/aromatic N) is 7. The summed E-state index contributed by atoms with van der Waals surface area (Å²) >= 11 is 7.56. The van der Waals surface area contributed by atoms with Gasteiger partial charge in [0.05, 0.1) is 43.5 Å². The molecule has 1 saturated heterocycles. The number of anilines is 2. The molecule has 1 aromatic heterocycles. The van der Waals surface area contributed by atoms with Crippen LogP contribution in [0.15, 0.2) is 80.7 Å². The third-order valence-electron chi connectivity index (χ3n) is 11.7. The van der Waals surface area contributed by atoms with Gasteiger partial charge in [-0.2, -0.15) is 4.31 Å². The number of benzene rings is 3. The standard InChI is InChI=1S/C30H54N6O4S.C18H20ClN5O3S2/c1-6-9-11-13-15-17-21-36(22-18-16-14-12-10-7-2)41(38,39)26-19-20-28(40-5)27(25-26)31-29(37)32-33-30-34(4)23-24-35(30)8-3;1-4-24-15-7-5-6-8-16(15)28-18(24)22-21-17(25)20-14-11-12(9-10-13(14)19)29(26,27)23(2)3/h19-20,25H,6-18,21-24H2,1-5H3,(H2,31,32,37);5-11H,4H2,1-3H3,(H2,20,21,25)/b33-30-;22-18+. The monoisotopic (exact) mass is 1050 g/mol. The largest absolute Gasteiger partial charge is 0.495 e. The van der Waals surface area contributed by atoms with Crippen LogP contribution in [0.25, 0.3) is 10.2 Å². The number of para-hydroxylation sites is 1. The number of halogens is 1. The molecule has 388 valence electrons. The zero-order chi connectivity index (χ0) is 51.3. The molecule has 1 fully saturated rings. The molecule has 70 heavy (non-hydrogen) atoms. The second kappa shape index (κ2) is 28.8. The molecule has 4 N–H and O–H groups in total. The van der Waals surface area contributed by atoms with Gasteiger partial charge < -0.3 is 29.7 Å². The van der Waals surface area contributed by atoms with Crippen LogP contribution < -0.4 is 31.0 Å². The predicted octanol–water partition coefficient (Wildman–Crippen LogP) is 9.33. The fourth-order valence-electron chi connectivity index (χ4n) is 7.63. The summed E-state index contributed by atoms with van der Waals surface area (Å²) in [5.74, 6) is 1.06. The number of ether oxygens (including phenoxy) is 1. The van der Waals surface area contributed by atoms with E-state index in [2.05, 4.69) is 50.4 Å².